The number of rotatable bonds is 5. The maximum atomic E-state index is 4.61. The molecule has 0 aromatic carbocycles. The standard InChI is InChI=1S/C19H22N6/c1-19(2,3)25-18-23-16(15-8-4-5-10-21-15)11-17(24-18)22-13-14-7-6-9-20-12-14/h4-12H,13H2,1-3H3,(H2,22,23,24,25). The number of hydrogen-bond acceptors (Lipinski definition) is 6. The Hall–Kier alpha value is -3.02. The minimum Gasteiger partial charge on any atom is -0.366 e. The summed E-state index contributed by atoms with van der Waals surface area (Å²) in [7, 11) is 0. The lowest BCUT2D eigenvalue weighted by molar-refractivity contribution is 0.626. The van der Waals surface area contributed by atoms with Crippen molar-refractivity contribution in [2.45, 2.75) is 32.9 Å². The van der Waals surface area contributed by atoms with Gasteiger partial charge in [-0.25, -0.2) is 4.98 Å². The van der Waals surface area contributed by atoms with Crippen LogP contribution in [0.3, 0.4) is 0 Å². The van der Waals surface area contributed by atoms with E-state index < -0.39 is 0 Å². The molecule has 0 fully saturated rings. The molecule has 3 heterocycles. The molecule has 3 aromatic heterocycles. The van der Waals surface area contributed by atoms with Crippen LogP contribution in [0.5, 0.6) is 0 Å². The predicted octanol–water partition coefficient (Wildman–Crippen LogP) is 3.76. The van der Waals surface area contributed by atoms with E-state index in [4.69, 9.17) is 0 Å². The molecule has 6 heteroatoms. The number of pyridine rings is 2. The number of aromatic nitrogens is 4. The van der Waals surface area contributed by atoms with Crippen LogP contribution in [0.25, 0.3) is 11.4 Å². The van der Waals surface area contributed by atoms with Crippen LogP contribution in [0.4, 0.5) is 11.8 Å². The largest absolute Gasteiger partial charge is 0.366 e. The third-order valence-corrected chi connectivity index (χ3v) is 3.34. The molecule has 0 aliphatic carbocycles. The van der Waals surface area contributed by atoms with Gasteiger partial charge in [-0.3, -0.25) is 9.97 Å². The molecule has 3 rings (SSSR count). The third-order valence-electron chi connectivity index (χ3n) is 3.34. The van der Waals surface area contributed by atoms with Gasteiger partial charge in [-0.2, -0.15) is 4.98 Å². The predicted molar refractivity (Wildman–Crippen MR) is 100 cm³/mol. The number of hydrogen-bond donors (Lipinski definition) is 2. The molecular weight excluding hydrogens is 312 g/mol. The van der Waals surface area contributed by atoms with Crippen molar-refractivity contribution >= 4 is 11.8 Å². The second kappa shape index (κ2) is 7.25. The van der Waals surface area contributed by atoms with E-state index in [9.17, 15) is 0 Å². The highest BCUT2D eigenvalue weighted by Gasteiger charge is 2.14. The zero-order chi connectivity index (χ0) is 17.7. The lowest BCUT2D eigenvalue weighted by atomic mass is 10.1. The lowest BCUT2D eigenvalue weighted by Gasteiger charge is -2.21. The normalized spacial score (nSPS) is 11.2. The molecule has 0 aliphatic rings. The van der Waals surface area contributed by atoms with Crippen molar-refractivity contribution in [2.75, 3.05) is 10.6 Å². The molecule has 0 saturated carbocycles. The van der Waals surface area contributed by atoms with E-state index in [0.717, 1.165) is 22.8 Å². The van der Waals surface area contributed by atoms with Gasteiger partial charge >= 0.3 is 0 Å². The smallest absolute Gasteiger partial charge is 0.225 e. The average molecular weight is 334 g/mol. The van der Waals surface area contributed by atoms with Gasteiger partial charge in [0.2, 0.25) is 5.95 Å². The Balaban J connectivity index is 1.89. The van der Waals surface area contributed by atoms with E-state index in [1.54, 1.807) is 12.4 Å². The molecule has 25 heavy (non-hydrogen) atoms. The highest BCUT2D eigenvalue weighted by Crippen LogP contribution is 2.21. The van der Waals surface area contributed by atoms with Crippen LogP contribution in [0, 0.1) is 0 Å². The van der Waals surface area contributed by atoms with Gasteiger partial charge in [0.25, 0.3) is 0 Å². The van der Waals surface area contributed by atoms with Crippen molar-refractivity contribution in [1.29, 1.82) is 0 Å². The molecule has 0 atom stereocenters. The Morgan fingerprint density at radius 1 is 0.960 bits per heavy atom. The van der Waals surface area contributed by atoms with Gasteiger partial charge in [0, 0.05) is 36.7 Å². The third kappa shape index (κ3) is 4.97. The summed E-state index contributed by atoms with van der Waals surface area (Å²) < 4.78 is 0. The Bertz CT molecular complexity index is 812. The van der Waals surface area contributed by atoms with Gasteiger partial charge in [0.15, 0.2) is 0 Å². The summed E-state index contributed by atoms with van der Waals surface area (Å²) >= 11 is 0. The van der Waals surface area contributed by atoms with Crippen LogP contribution in [-0.2, 0) is 6.54 Å². The van der Waals surface area contributed by atoms with E-state index in [1.807, 2.05) is 42.6 Å². The summed E-state index contributed by atoms with van der Waals surface area (Å²) in [5.74, 6) is 1.32. The minimum atomic E-state index is -0.136. The van der Waals surface area contributed by atoms with Gasteiger partial charge in [0.05, 0.1) is 11.4 Å². The SMILES string of the molecule is CC(C)(C)Nc1nc(NCc2cccnc2)cc(-c2ccccn2)n1. The zero-order valence-electron chi connectivity index (χ0n) is 14.7. The van der Waals surface area contributed by atoms with Gasteiger partial charge < -0.3 is 10.6 Å². The molecule has 0 unspecified atom stereocenters. The van der Waals surface area contributed by atoms with Crippen LogP contribution >= 0.6 is 0 Å². The van der Waals surface area contributed by atoms with E-state index in [1.165, 1.54) is 0 Å². The molecule has 0 radical (unpaired) electrons. The molecular formula is C19H22N6. The molecule has 0 spiro atoms. The van der Waals surface area contributed by atoms with E-state index in [0.29, 0.717) is 12.5 Å². The minimum absolute atomic E-state index is 0.136. The van der Waals surface area contributed by atoms with Gasteiger partial charge in [-0.1, -0.05) is 12.1 Å². The summed E-state index contributed by atoms with van der Waals surface area (Å²) in [6, 6.07) is 11.6. The summed E-state index contributed by atoms with van der Waals surface area (Å²) in [6.45, 7) is 6.87. The van der Waals surface area contributed by atoms with Crippen molar-refractivity contribution in [2.24, 2.45) is 0 Å². The number of nitrogens with zero attached hydrogens (tertiary/aromatic N) is 4. The maximum Gasteiger partial charge on any atom is 0.225 e. The summed E-state index contributed by atoms with van der Waals surface area (Å²) in [5, 5.41) is 6.67. The molecule has 3 aromatic rings. The first-order valence-electron chi connectivity index (χ1n) is 8.21. The Labute approximate surface area is 147 Å². The van der Waals surface area contributed by atoms with Gasteiger partial charge in [0.1, 0.15) is 5.82 Å². The lowest BCUT2D eigenvalue weighted by Crippen LogP contribution is -2.27. The molecule has 0 saturated heterocycles. The van der Waals surface area contributed by atoms with Gasteiger partial charge in [-0.15, -0.1) is 0 Å². The highest BCUT2D eigenvalue weighted by molar-refractivity contribution is 5.61. The first-order chi connectivity index (χ1) is 12.0. The number of anilines is 2. The Morgan fingerprint density at radius 3 is 2.52 bits per heavy atom. The van der Waals surface area contributed by atoms with Crippen molar-refractivity contribution in [3.63, 3.8) is 0 Å². The molecule has 0 aliphatic heterocycles. The fourth-order valence-corrected chi connectivity index (χ4v) is 2.27. The van der Waals surface area contributed by atoms with Crippen LogP contribution in [0.1, 0.15) is 26.3 Å². The summed E-state index contributed by atoms with van der Waals surface area (Å²) in [5.41, 5.74) is 2.54. The molecule has 2 N–H and O–H groups in total. The van der Waals surface area contributed by atoms with Gasteiger partial charge in [-0.05, 0) is 44.5 Å². The zero-order valence-corrected chi connectivity index (χ0v) is 14.7. The van der Waals surface area contributed by atoms with E-state index in [2.05, 4.69) is 51.3 Å². The number of nitrogens with one attached hydrogen (secondary N) is 2. The highest BCUT2D eigenvalue weighted by atomic mass is 15.2. The van der Waals surface area contributed by atoms with Crippen molar-refractivity contribution in [1.82, 2.24) is 19.9 Å². The summed E-state index contributed by atoms with van der Waals surface area (Å²) in [6.07, 6.45) is 5.36. The first-order valence-corrected chi connectivity index (χ1v) is 8.21. The molecule has 6 nitrogen and oxygen atoms in total. The van der Waals surface area contributed by atoms with E-state index in [-0.39, 0.29) is 5.54 Å². The van der Waals surface area contributed by atoms with Crippen LogP contribution < -0.4 is 10.6 Å². The fraction of sp³-hybridized carbons (Fsp3) is 0.263. The van der Waals surface area contributed by atoms with E-state index >= 15 is 0 Å². The maximum absolute atomic E-state index is 4.61. The summed E-state index contributed by atoms with van der Waals surface area (Å²) in [4.78, 5) is 17.7. The van der Waals surface area contributed by atoms with Crippen molar-refractivity contribution in [3.8, 4) is 11.4 Å². The fourth-order valence-electron chi connectivity index (χ4n) is 2.27. The molecule has 0 bridgehead atoms. The van der Waals surface area contributed by atoms with Crippen LogP contribution in [0.15, 0.2) is 55.0 Å². The van der Waals surface area contributed by atoms with Crippen LogP contribution in [-0.4, -0.2) is 25.5 Å². The van der Waals surface area contributed by atoms with Crippen LogP contribution in [0.2, 0.25) is 0 Å². The molecule has 0 amide bonds. The monoisotopic (exact) mass is 334 g/mol. The second-order valence-corrected chi connectivity index (χ2v) is 6.77. The Kier molecular flexibility index (Phi) is 4.88. The van der Waals surface area contributed by atoms with Crippen molar-refractivity contribution in [3.05, 3.63) is 60.6 Å². The average Bonchev–Trinajstić information content (AvgIpc) is 2.60. The quantitative estimate of drug-likeness (QED) is 0.740. The first kappa shape index (κ1) is 16.8. The Morgan fingerprint density at radius 2 is 1.84 bits per heavy atom. The van der Waals surface area contributed by atoms with Crippen molar-refractivity contribution < 1.29 is 0 Å². The molecule has 128 valence electrons. The second-order valence-electron chi connectivity index (χ2n) is 6.77. The topological polar surface area (TPSA) is 75.6 Å².